The summed E-state index contributed by atoms with van der Waals surface area (Å²) in [6.07, 6.45) is -4.37. The van der Waals surface area contributed by atoms with E-state index in [-0.39, 0.29) is 0 Å². The third-order valence-electron chi connectivity index (χ3n) is 3.87. The molecule has 0 saturated heterocycles. The summed E-state index contributed by atoms with van der Waals surface area (Å²) in [5.41, 5.74) is 2.00. The number of benzene rings is 3. The zero-order valence-corrected chi connectivity index (χ0v) is 15.0. The van der Waals surface area contributed by atoms with E-state index in [1.165, 1.54) is 6.07 Å². The second-order valence-electron chi connectivity index (χ2n) is 5.88. The minimum absolute atomic E-state index is 0.318. The fourth-order valence-electron chi connectivity index (χ4n) is 2.37. The standard InChI is InChI=1S/C24H15F3O/c1-28-23-15-13-20(14-16-23)10-9-18-5-7-19(8-6-18)11-12-21-3-2-4-22(17-21)24(25,26)27/h2-8,13-17H,1H3. The molecule has 0 N–H and O–H groups in total. The third kappa shape index (κ3) is 5.19. The molecule has 0 amide bonds. The Morgan fingerprint density at radius 1 is 0.643 bits per heavy atom. The van der Waals surface area contributed by atoms with Crippen LogP contribution in [0.3, 0.4) is 0 Å². The number of hydrogen-bond donors (Lipinski definition) is 0. The minimum atomic E-state index is -4.37. The zero-order valence-electron chi connectivity index (χ0n) is 15.0. The van der Waals surface area contributed by atoms with Gasteiger partial charge in [0.05, 0.1) is 12.7 Å². The highest BCUT2D eigenvalue weighted by atomic mass is 19.4. The van der Waals surface area contributed by atoms with Crippen molar-refractivity contribution >= 4 is 0 Å². The maximum Gasteiger partial charge on any atom is 0.416 e. The number of rotatable bonds is 1. The summed E-state index contributed by atoms with van der Waals surface area (Å²) in [6.45, 7) is 0. The van der Waals surface area contributed by atoms with E-state index >= 15 is 0 Å². The Morgan fingerprint density at radius 2 is 1.11 bits per heavy atom. The predicted octanol–water partition coefficient (Wildman–Crippen LogP) is 5.51. The lowest BCUT2D eigenvalue weighted by molar-refractivity contribution is -0.137. The van der Waals surface area contributed by atoms with E-state index in [9.17, 15) is 13.2 Å². The zero-order chi connectivity index (χ0) is 20.0. The summed E-state index contributed by atoms with van der Waals surface area (Å²) >= 11 is 0. The summed E-state index contributed by atoms with van der Waals surface area (Å²) < 4.78 is 43.3. The van der Waals surface area contributed by atoms with Crippen LogP contribution in [-0.4, -0.2) is 7.11 Å². The molecule has 0 aliphatic heterocycles. The van der Waals surface area contributed by atoms with Crippen LogP contribution in [0.2, 0.25) is 0 Å². The van der Waals surface area contributed by atoms with Gasteiger partial charge in [0.15, 0.2) is 0 Å². The number of alkyl halides is 3. The first-order chi connectivity index (χ1) is 13.4. The van der Waals surface area contributed by atoms with Crippen LogP contribution >= 0.6 is 0 Å². The molecule has 0 aliphatic rings. The molecule has 0 bridgehead atoms. The average Bonchev–Trinajstić information content (AvgIpc) is 2.71. The predicted molar refractivity (Wildman–Crippen MR) is 103 cm³/mol. The van der Waals surface area contributed by atoms with Crippen LogP contribution in [-0.2, 0) is 6.18 Å². The molecule has 0 fully saturated rings. The molecular formula is C24H15F3O. The molecule has 0 atom stereocenters. The van der Waals surface area contributed by atoms with Gasteiger partial charge >= 0.3 is 6.18 Å². The molecule has 0 radical (unpaired) electrons. The second-order valence-corrected chi connectivity index (χ2v) is 5.88. The molecule has 0 heterocycles. The first-order valence-electron chi connectivity index (χ1n) is 8.39. The van der Waals surface area contributed by atoms with Crippen LogP contribution < -0.4 is 4.74 Å². The maximum absolute atomic E-state index is 12.7. The monoisotopic (exact) mass is 376 g/mol. The molecular weight excluding hydrogens is 361 g/mol. The second kappa shape index (κ2) is 8.37. The van der Waals surface area contributed by atoms with Crippen molar-refractivity contribution in [1.29, 1.82) is 0 Å². The molecule has 0 saturated carbocycles. The quantitative estimate of drug-likeness (QED) is 0.509. The van der Waals surface area contributed by atoms with Gasteiger partial charge in [0.2, 0.25) is 0 Å². The first kappa shape index (κ1) is 19.1. The molecule has 0 aromatic heterocycles. The van der Waals surface area contributed by atoms with Gasteiger partial charge < -0.3 is 4.74 Å². The molecule has 3 aromatic rings. The molecule has 0 unspecified atom stereocenters. The van der Waals surface area contributed by atoms with Gasteiger partial charge in [-0.15, -0.1) is 0 Å². The van der Waals surface area contributed by atoms with Gasteiger partial charge in [0.1, 0.15) is 5.75 Å². The van der Waals surface area contributed by atoms with Gasteiger partial charge in [0.25, 0.3) is 0 Å². The number of hydrogen-bond acceptors (Lipinski definition) is 1. The van der Waals surface area contributed by atoms with E-state index in [2.05, 4.69) is 23.7 Å². The Balaban J connectivity index is 1.72. The van der Waals surface area contributed by atoms with Crippen LogP contribution in [0.4, 0.5) is 13.2 Å². The molecule has 4 heteroatoms. The Kier molecular flexibility index (Phi) is 5.72. The highest BCUT2D eigenvalue weighted by molar-refractivity contribution is 5.48. The van der Waals surface area contributed by atoms with E-state index in [0.29, 0.717) is 11.1 Å². The minimum Gasteiger partial charge on any atom is -0.497 e. The fourth-order valence-corrected chi connectivity index (χ4v) is 2.37. The van der Waals surface area contributed by atoms with Crippen molar-refractivity contribution in [2.75, 3.05) is 7.11 Å². The number of methoxy groups -OCH3 is 1. The normalized spacial score (nSPS) is 10.3. The van der Waals surface area contributed by atoms with Crippen molar-refractivity contribution < 1.29 is 17.9 Å². The Morgan fingerprint density at radius 3 is 1.57 bits per heavy atom. The van der Waals surface area contributed by atoms with Crippen molar-refractivity contribution in [3.8, 4) is 29.4 Å². The smallest absolute Gasteiger partial charge is 0.416 e. The maximum atomic E-state index is 12.7. The summed E-state index contributed by atoms with van der Waals surface area (Å²) in [4.78, 5) is 0. The van der Waals surface area contributed by atoms with Crippen molar-refractivity contribution in [3.63, 3.8) is 0 Å². The van der Waals surface area contributed by atoms with Gasteiger partial charge in [-0.05, 0) is 66.7 Å². The molecule has 0 spiro atoms. The lowest BCUT2D eigenvalue weighted by Crippen LogP contribution is -2.04. The van der Waals surface area contributed by atoms with Crippen LogP contribution in [0.1, 0.15) is 27.8 Å². The van der Waals surface area contributed by atoms with Gasteiger partial charge in [-0.25, -0.2) is 0 Å². The summed E-state index contributed by atoms with van der Waals surface area (Å²) in [7, 11) is 1.61. The van der Waals surface area contributed by atoms with Crippen LogP contribution in [0.15, 0.2) is 72.8 Å². The lowest BCUT2D eigenvalue weighted by Gasteiger charge is -2.05. The largest absolute Gasteiger partial charge is 0.497 e. The van der Waals surface area contributed by atoms with E-state index < -0.39 is 11.7 Å². The highest BCUT2D eigenvalue weighted by Crippen LogP contribution is 2.29. The Labute approximate surface area is 161 Å². The molecule has 3 rings (SSSR count). The van der Waals surface area contributed by atoms with Gasteiger partial charge in [-0.3, -0.25) is 0 Å². The van der Waals surface area contributed by atoms with Crippen LogP contribution in [0.25, 0.3) is 0 Å². The van der Waals surface area contributed by atoms with Crippen LogP contribution in [0, 0.1) is 23.7 Å². The number of ether oxygens (including phenoxy) is 1. The molecule has 1 nitrogen and oxygen atoms in total. The van der Waals surface area contributed by atoms with Crippen LogP contribution in [0.5, 0.6) is 5.75 Å². The lowest BCUT2D eigenvalue weighted by atomic mass is 10.1. The SMILES string of the molecule is COc1ccc(C#Cc2ccc(C#Cc3cccc(C(F)(F)F)c3)cc2)cc1. The number of halogens is 3. The first-order valence-corrected chi connectivity index (χ1v) is 8.39. The van der Waals surface area contributed by atoms with Crippen molar-refractivity contribution in [1.82, 2.24) is 0 Å². The summed E-state index contributed by atoms with van der Waals surface area (Å²) in [5.74, 6) is 12.5. The molecule has 28 heavy (non-hydrogen) atoms. The Hall–Kier alpha value is -3.63. The van der Waals surface area contributed by atoms with E-state index in [1.807, 2.05) is 36.4 Å². The van der Waals surface area contributed by atoms with Crippen molar-refractivity contribution in [2.24, 2.45) is 0 Å². The molecule has 3 aromatic carbocycles. The average molecular weight is 376 g/mol. The topological polar surface area (TPSA) is 9.23 Å². The van der Waals surface area contributed by atoms with E-state index in [4.69, 9.17) is 4.74 Å². The summed E-state index contributed by atoms with van der Waals surface area (Å²) in [6, 6.07) is 19.6. The summed E-state index contributed by atoms with van der Waals surface area (Å²) in [5, 5.41) is 0. The molecule has 138 valence electrons. The van der Waals surface area contributed by atoms with Crippen molar-refractivity contribution in [3.05, 3.63) is 101 Å². The fraction of sp³-hybridized carbons (Fsp3) is 0.0833. The van der Waals surface area contributed by atoms with Gasteiger partial charge in [-0.2, -0.15) is 13.2 Å². The third-order valence-corrected chi connectivity index (χ3v) is 3.87. The van der Waals surface area contributed by atoms with Crippen molar-refractivity contribution in [2.45, 2.75) is 6.18 Å². The van der Waals surface area contributed by atoms with Gasteiger partial charge in [0, 0.05) is 22.3 Å². The Bertz CT molecular complexity index is 1070. The van der Waals surface area contributed by atoms with Gasteiger partial charge in [-0.1, -0.05) is 29.7 Å². The highest BCUT2D eigenvalue weighted by Gasteiger charge is 2.30. The van der Waals surface area contributed by atoms with E-state index in [1.54, 1.807) is 25.3 Å². The molecule has 0 aliphatic carbocycles. The van der Waals surface area contributed by atoms with E-state index in [0.717, 1.165) is 29.0 Å².